The number of carbonyl (C=O) groups is 2. The number of Topliss-reactive ketones (excluding diaryl/α,β-unsaturated/α-hetero) is 1. The molecule has 5 nitrogen and oxygen atoms in total. The molecule has 35 heavy (non-hydrogen) atoms. The van der Waals surface area contributed by atoms with Gasteiger partial charge in [0.05, 0.1) is 12.7 Å². The third kappa shape index (κ3) is 4.24. The molecule has 0 radical (unpaired) electrons. The zero-order valence-electron chi connectivity index (χ0n) is 19.7. The quantitative estimate of drug-likeness (QED) is 0.192. The fraction of sp³-hybridized carbons (Fsp3) is 0.172. The zero-order valence-corrected chi connectivity index (χ0v) is 20.4. The van der Waals surface area contributed by atoms with E-state index in [2.05, 4.69) is 0 Å². The highest BCUT2D eigenvalue weighted by Gasteiger charge is 2.25. The van der Waals surface area contributed by atoms with Crippen LogP contribution in [0.25, 0.3) is 27.4 Å². The Bertz CT molecular complexity index is 1580. The zero-order chi connectivity index (χ0) is 24.7. The van der Waals surface area contributed by atoms with Crippen molar-refractivity contribution in [1.82, 2.24) is 4.57 Å². The monoisotopic (exact) mass is 485 g/mol. The second-order valence-electron chi connectivity index (χ2n) is 8.69. The topological polar surface area (TPSA) is 61.4 Å². The summed E-state index contributed by atoms with van der Waals surface area (Å²) in [5, 5.41) is 3.62. The first-order valence-electron chi connectivity index (χ1n) is 11.4. The molecule has 0 aliphatic rings. The molecular formula is C29H24ClNO4. The van der Waals surface area contributed by atoms with Crippen LogP contribution in [-0.4, -0.2) is 22.4 Å². The normalized spacial score (nSPS) is 12.2. The van der Waals surface area contributed by atoms with Crippen molar-refractivity contribution < 1.29 is 18.7 Å². The van der Waals surface area contributed by atoms with Gasteiger partial charge in [-0.2, -0.15) is 0 Å². The summed E-state index contributed by atoms with van der Waals surface area (Å²) in [6.07, 6.45) is 0.684. The fourth-order valence-corrected chi connectivity index (χ4v) is 4.80. The molecule has 2 heterocycles. The highest BCUT2D eigenvalue weighted by Crippen LogP contribution is 2.30. The molecule has 0 saturated carbocycles. The van der Waals surface area contributed by atoms with E-state index in [9.17, 15) is 9.59 Å². The summed E-state index contributed by atoms with van der Waals surface area (Å²) in [6.45, 7) is 5.42. The van der Waals surface area contributed by atoms with Gasteiger partial charge in [-0.1, -0.05) is 41.9 Å². The number of aromatic nitrogens is 1. The number of hydrogen-bond acceptors (Lipinski definition) is 4. The van der Waals surface area contributed by atoms with E-state index in [1.54, 1.807) is 13.2 Å². The van der Waals surface area contributed by atoms with Crippen molar-refractivity contribution >= 4 is 45.1 Å². The summed E-state index contributed by atoms with van der Waals surface area (Å²) in [7, 11) is 0. The van der Waals surface area contributed by atoms with Crippen LogP contribution in [0.5, 0.6) is 0 Å². The van der Waals surface area contributed by atoms with Crippen LogP contribution < -0.4 is 0 Å². The number of fused-ring (bicyclic) bond motifs is 3. The van der Waals surface area contributed by atoms with Crippen molar-refractivity contribution in [2.75, 3.05) is 0 Å². The Hall–Kier alpha value is -3.83. The second kappa shape index (κ2) is 9.08. The molecule has 5 aromatic rings. The third-order valence-electron chi connectivity index (χ3n) is 6.33. The van der Waals surface area contributed by atoms with Crippen LogP contribution in [0.4, 0.5) is 0 Å². The van der Waals surface area contributed by atoms with E-state index in [-0.39, 0.29) is 12.2 Å². The van der Waals surface area contributed by atoms with Gasteiger partial charge in [-0.3, -0.25) is 9.59 Å². The number of furan rings is 1. The van der Waals surface area contributed by atoms with Gasteiger partial charge in [-0.05, 0) is 67.9 Å². The molecule has 0 aliphatic carbocycles. The van der Waals surface area contributed by atoms with Gasteiger partial charge in [-0.25, -0.2) is 0 Å². The van der Waals surface area contributed by atoms with Crippen LogP contribution in [0.3, 0.4) is 0 Å². The van der Waals surface area contributed by atoms with Gasteiger partial charge in [0.2, 0.25) is 5.78 Å². The van der Waals surface area contributed by atoms with Crippen molar-refractivity contribution in [3.63, 3.8) is 0 Å². The van der Waals surface area contributed by atoms with Crippen LogP contribution in [-0.2, 0) is 16.0 Å². The highest BCUT2D eigenvalue weighted by molar-refractivity contribution is 6.30. The van der Waals surface area contributed by atoms with Crippen LogP contribution in [0, 0.1) is 13.8 Å². The smallest absolute Gasteiger partial charge is 0.311 e. The number of esters is 1. The summed E-state index contributed by atoms with van der Waals surface area (Å²) < 4.78 is 13.2. The Morgan fingerprint density at radius 1 is 1.03 bits per heavy atom. The minimum absolute atomic E-state index is 0.0163. The van der Waals surface area contributed by atoms with Crippen LogP contribution in [0.1, 0.15) is 34.2 Å². The number of ether oxygens (including phenoxy) is 1. The molecule has 5 rings (SSSR count). The Labute approximate surface area is 207 Å². The standard InChI is InChI=1S/C29H24ClNO4/c1-17-14-25(18(2)31(17)23-11-9-22(30)10-12-23)29(33)19(3)35-27(32)15-21-16-34-26-13-8-20-6-4-5-7-24(20)28(21)26/h4-14,16,19H,15H2,1-3H3/t19-/m0/s1. The van der Waals surface area contributed by atoms with Crippen LogP contribution in [0.2, 0.25) is 5.02 Å². The predicted molar refractivity (Wildman–Crippen MR) is 138 cm³/mol. The van der Waals surface area contributed by atoms with Gasteiger partial charge >= 0.3 is 5.97 Å². The number of benzene rings is 3. The van der Waals surface area contributed by atoms with Crippen LogP contribution >= 0.6 is 11.6 Å². The Balaban J connectivity index is 1.35. The summed E-state index contributed by atoms with van der Waals surface area (Å²) in [6, 6.07) is 21.1. The third-order valence-corrected chi connectivity index (χ3v) is 6.59. The number of nitrogens with zero attached hydrogens (tertiary/aromatic N) is 1. The summed E-state index contributed by atoms with van der Waals surface area (Å²) in [5.74, 6) is -0.720. The van der Waals surface area contributed by atoms with E-state index in [0.29, 0.717) is 16.2 Å². The Kier molecular flexibility index (Phi) is 5.95. The first kappa shape index (κ1) is 22.9. The number of halogens is 1. The van der Waals surface area contributed by atoms with E-state index in [1.807, 2.05) is 85.1 Å². The van der Waals surface area contributed by atoms with Gasteiger partial charge in [0.1, 0.15) is 5.58 Å². The molecule has 6 heteroatoms. The molecule has 0 fully saturated rings. The van der Waals surface area contributed by atoms with Gasteiger partial charge in [0.15, 0.2) is 6.10 Å². The lowest BCUT2D eigenvalue weighted by Crippen LogP contribution is -2.25. The van der Waals surface area contributed by atoms with Crippen molar-refractivity contribution in [2.24, 2.45) is 0 Å². The fourth-order valence-electron chi connectivity index (χ4n) is 4.67. The van der Waals surface area contributed by atoms with E-state index in [0.717, 1.165) is 38.8 Å². The maximum absolute atomic E-state index is 13.2. The van der Waals surface area contributed by atoms with Gasteiger partial charge in [-0.15, -0.1) is 0 Å². The largest absolute Gasteiger partial charge is 0.464 e. The van der Waals surface area contributed by atoms with E-state index in [1.165, 1.54) is 0 Å². The molecule has 0 saturated heterocycles. The van der Waals surface area contributed by atoms with Gasteiger partial charge in [0, 0.05) is 38.6 Å². The molecule has 2 aromatic heterocycles. The number of ketones is 1. The number of aryl methyl sites for hydroxylation is 1. The SMILES string of the molecule is Cc1cc(C(=O)[C@H](C)OC(=O)Cc2coc3ccc4ccccc4c23)c(C)n1-c1ccc(Cl)cc1. The molecule has 176 valence electrons. The van der Waals surface area contributed by atoms with Crippen molar-refractivity contribution in [2.45, 2.75) is 33.3 Å². The molecule has 0 amide bonds. The lowest BCUT2D eigenvalue weighted by atomic mass is 10.0. The van der Waals surface area contributed by atoms with Gasteiger partial charge in [0.25, 0.3) is 0 Å². The predicted octanol–water partition coefficient (Wildman–Crippen LogP) is 7.00. The lowest BCUT2D eigenvalue weighted by Gasteiger charge is -2.13. The highest BCUT2D eigenvalue weighted by atomic mass is 35.5. The number of carbonyl (C=O) groups excluding carboxylic acids is 2. The molecule has 0 aliphatic heterocycles. The summed E-state index contributed by atoms with van der Waals surface area (Å²) in [4.78, 5) is 26.0. The van der Waals surface area contributed by atoms with E-state index in [4.69, 9.17) is 20.8 Å². The van der Waals surface area contributed by atoms with Crippen molar-refractivity contribution in [3.05, 3.63) is 101 Å². The van der Waals surface area contributed by atoms with Crippen molar-refractivity contribution in [1.29, 1.82) is 0 Å². The molecule has 0 unspecified atom stereocenters. The Morgan fingerprint density at radius 3 is 2.54 bits per heavy atom. The Morgan fingerprint density at radius 2 is 1.77 bits per heavy atom. The lowest BCUT2D eigenvalue weighted by molar-refractivity contribution is -0.145. The number of hydrogen-bond donors (Lipinski definition) is 0. The molecule has 1 atom stereocenters. The minimum atomic E-state index is -0.920. The molecule has 0 spiro atoms. The first-order valence-corrected chi connectivity index (χ1v) is 11.8. The molecule has 0 bridgehead atoms. The van der Waals surface area contributed by atoms with E-state index < -0.39 is 12.1 Å². The summed E-state index contributed by atoms with van der Waals surface area (Å²) >= 11 is 6.02. The van der Waals surface area contributed by atoms with Gasteiger partial charge < -0.3 is 13.7 Å². The maximum Gasteiger partial charge on any atom is 0.311 e. The first-order chi connectivity index (χ1) is 16.8. The van der Waals surface area contributed by atoms with Crippen molar-refractivity contribution in [3.8, 4) is 5.69 Å². The van der Waals surface area contributed by atoms with Crippen LogP contribution in [0.15, 0.2) is 77.4 Å². The molecular weight excluding hydrogens is 462 g/mol. The average molecular weight is 486 g/mol. The second-order valence-corrected chi connectivity index (χ2v) is 9.13. The minimum Gasteiger partial charge on any atom is -0.464 e. The van der Waals surface area contributed by atoms with E-state index >= 15 is 0 Å². The average Bonchev–Trinajstić information content (AvgIpc) is 3.39. The molecule has 3 aromatic carbocycles. The summed E-state index contributed by atoms with van der Waals surface area (Å²) in [5.41, 5.74) is 4.57. The number of rotatable bonds is 6. The molecule has 0 N–H and O–H groups in total. The maximum atomic E-state index is 13.2.